The number of nitrogens with one attached hydrogen (secondary N) is 2. The molecule has 1 aromatic rings. The van der Waals surface area contributed by atoms with Gasteiger partial charge in [-0.3, -0.25) is 9.59 Å². The number of anilines is 1. The summed E-state index contributed by atoms with van der Waals surface area (Å²) in [6, 6.07) is 2.89. The second kappa shape index (κ2) is 4.36. The Morgan fingerprint density at radius 3 is 2.72 bits per heavy atom. The molecule has 1 aliphatic heterocycles. The fourth-order valence-corrected chi connectivity index (χ4v) is 1.80. The number of rotatable bonds is 2. The predicted molar refractivity (Wildman–Crippen MR) is 60.7 cm³/mol. The van der Waals surface area contributed by atoms with Gasteiger partial charge in [0, 0.05) is 19.0 Å². The van der Waals surface area contributed by atoms with Gasteiger partial charge in [0.2, 0.25) is 11.8 Å². The zero-order valence-electron chi connectivity index (χ0n) is 9.72. The van der Waals surface area contributed by atoms with Crippen molar-refractivity contribution in [2.45, 2.75) is 13.3 Å². The van der Waals surface area contributed by atoms with Gasteiger partial charge in [-0.05, 0) is 19.1 Å². The number of hydrogen-bond donors (Lipinski definition) is 2. The van der Waals surface area contributed by atoms with Crippen LogP contribution < -0.4 is 10.6 Å². The summed E-state index contributed by atoms with van der Waals surface area (Å²) < 4.78 is 26.1. The maximum atomic E-state index is 13.4. The van der Waals surface area contributed by atoms with Crippen LogP contribution >= 0.6 is 0 Å². The molecule has 2 N–H and O–H groups in total. The van der Waals surface area contributed by atoms with Crippen LogP contribution in [0.15, 0.2) is 18.2 Å². The molecule has 96 valence electrons. The van der Waals surface area contributed by atoms with Crippen LogP contribution in [0.4, 0.5) is 14.5 Å². The number of hydrogen-bond acceptors (Lipinski definition) is 2. The molecule has 1 saturated heterocycles. The van der Waals surface area contributed by atoms with Gasteiger partial charge < -0.3 is 10.6 Å². The molecule has 1 heterocycles. The third kappa shape index (κ3) is 2.32. The Bertz CT molecular complexity index is 519. The summed E-state index contributed by atoms with van der Waals surface area (Å²) >= 11 is 0. The number of benzene rings is 1. The number of amides is 2. The van der Waals surface area contributed by atoms with Crippen LogP contribution in [0, 0.1) is 17.0 Å². The van der Waals surface area contributed by atoms with E-state index >= 15 is 0 Å². The Hall–Kier alpha value is -1.98. The standard InChI is InChI=1S/C12H12F2N2O2/c1-12(5-10(17)15-6-12)11(18)16-9-3-2-7(13)4-8(9)14/h2-4H,5-6H2,1H3,(H,15,17)(H,16,18). The summed E-state index contributed by atoms with van der Waals surface area (Å²) in [4.78, 5) is 23.1. The van der Waals surface area contributed by atoms with Crippen LogP contribution in [0.25, 0.3) is 0 Å². The highest BCUT2D eigenvalue weighted by molar-refractivity contribution is 5.99. The normalized spacial score (nSPS) is 22.7. The van der Waals surface area contributed by atoms with Crippen molar-refractivity contribution in [1.29, 1.82) is 0 Å². The summed E-state index contributed by atoms with van der Waals surface area (Å²) in [7, 11) is 0. The van der Waals surface area contributed by atoms with Gasteiger partial charge in [0.1, 0.15) is 11.6 Å². The van der Waals surface area contributed by atoms with Crippen LogP contribution in [0.1, 0.15) is 13.3 Å². The van der Waals surface area contributed by atoms with Crippen molar-refractivity contribution in [3.05, 3.63) is 29.8 Å². The van der Waals surface area contributed by atoms with E-state index in [0.29, 0.717) is 6.07 Å². The molecule has 1 atom stereocenters. The highest BCUT2D eigenvalue weighted by Crippen LogP contribution is 2.27. The van der Waals surface area contributed by atoms with Gasteiger partial charge in [-0.2, -0.15) is 0 Å². The second-order valence-electron chi connectivity index (χ2n) is 4.59. The Kier molecular flexibility index (Phi) is 3.02. The summed E-state index contributed by atoms with van der Waals surface area (Å²) in [5, 5.41) is 4.91. The SMILES string of the molecule is CC1(C(=O)Nc2ccc(F)cc2F)CNC(=O)C1. The molecule has 1 aromatic carbocycles. The quantitative estimate of drug-likeness (QED) is 0.838. The molecule has 4 nitrogen and oxygen atoms in total. The average Bonchev–Trinajstić information content (AvgIpc) is 2.64. The van der Waals surface area contributed by atoms with Crippen molar-refractivity contribution in [2.24, 2.45) is 5.41 Å². The predicted octanol–water partition coefficient (Wildman–Crippen LogP) is 1.43. The lowest BCUT2D eigenvalue weighted by Crippen LogP contribution is -2.35. The maximum Gasteiger partial charge on any atom is 0.232 e. The molecule has 1 aliphatic rings. The van der Waals surface area contributed by atoms with Crippen molar-refractivity contribution in [2.75, 3.05) is 11.9 Å². The van der Waals surface area contributed by atoms with Crippen molar-refractivity contribution in [1.82, 2.24) is 5.32 Å². The van der Waals surface area contributed by atoms with E-state index in [4.69, 9.17) is 0 Å². The van der Waals surface area contributed by atoms with E-state index in [2.05, 4.69) is 10.6 Å². The van der Waals surface area contributed by atoms with E-state index < -0.39 is 23.0 Å². The molecule has 18 heavy (non-hydrogen) atoms. The maximum absolute atomic E-state index is 13.4. The zero-order chi connectivity index (χ0) is 13.3. The van der Waals surface area contributed by atoms with E-state index in [0.717, 1.165) is 12.1 Å². The van der Waals surface area contributed by atoms with Gasteiger partial charge in [-0.25, -0.2) is 8.78 Å². The first-order chi connectivity index (χ1) is 8.40. The molecule has 1 unspecified atom stereocenters. The zero-order valence-corrected chi connectivity index (χ0v) is 9.72. The van der Waals surface area contributed by atoms with Gasteiger partial charge in [0.25, 0.3) is 0 Å². The van der Waals surface area contributed by atoms with Crippen molar-refractivity contribution >= 4 is 17.5 Å². The lowest BCUT2D eigenvalue weighted by atomic mass is 9.88. The smallest absolute Gasteiger partial charge is 0.232 e. The highest BCUT2D eigenvalue weighted by atomic mass is 19.1. The number of carbonyl (C=O) groups is 2. The molecule has 2 rings (SSSR count). The fraction of sp³-hybridized carbons (Fsp3) is 0.333. The summed E-state index contributed by atoms with van der Waals surface area (Å²) in [5.74, 6) is -2.24. The van der Waals surface area contributed by atoms with Gasteiger partial charge >= 0.3 is 0 Å². The van der Waals surface area contributed by atoms with E-state index in [1.165, 1.54) is 0 Å². The summed E-state index contributed by atoms with van der Waals surface area (Å²) in [5.41, 5.74) is -1.00. The Labute approximate surface area is 102 Å². The molecule has 2 amide bonds. The largest absolute Gasteiger partial charge is 0.355 e. The van der Waals surface area contributed by atoms with Crippen molar-refractivity contribution in [3.63, 3.8) is 0 Å². The first-order valence-corrected chi connectivity index (χ1v) is 5.44. The summed E-state index contributed by atoms with van der Waals surface area (Å²) in [6.45, 7) is 1.82. The minimum Gasteiger partial charge on any atom is -0.355 e. The van der Waals surface area contributed by atoms with Gasteiger partial charge in [0.05, 0.1) is 11.1 Å². The van der Waals surface area contributed by atoms with Crippen LogP contribution in [-0.4, -0.2) is 18.4 Å². The molecular weight excluding hydrogens is 242 g/mol. The molecule has 0 bridgehead atoms. The van der Waals surface area contributed by atoms with Crippen LogP contribution in [0.3, 0.4) is 0 Å². The Morgan fingerprint density at radius 2 is 2.17 bits per heavy atom. The van der Waals surface area contributed by atoms with E-state index in [9.17, 15) is 18.4 Å². The lowest BCUT2D eigenvalue weighted by molar-refractivity contribution is -0.126. The Morgan fingerprint density at radius 1 is 1.44 bits per heavy atom. The molecule has 0 aliphatic carbocycles. The molecule has 0 saturated carbocycles. The monoisotopic (exact) mass is 254 g/mol. The highest BCUT2D eigenvalue weighted by Gasteiger charge is 2.40. The first-order valence-electron chi connectivity index (χ1n) is 5.44. The summed E-state index contributed by atoms with van der Waals surface area (Å²) in [6.07, 6.45) is 0.0572. The van der Waals surface area contributed by atoms with Crippen LogP contribution in [0.5, 0.6) is 0 Å². The van der Waals surface area contributed by atoms with E-state index in [1.54, 1.807) is 6.92 Å². The van der Waals surface area contributed by atoms with Gasteiger partial charge in [-0.1, -0.05) is 0 Å². The molecule has 0 spiro atoms. The van der Waals surface area contributed by atoms with Crippen LogP contribution in [0.2, 0.25) is 0 Å². The molecule has 1 fully saturated rings. The fourth-order valence-electron chi connectivity index (χ4n) is 1.80. The average molecular weight is 254 g/mol. The number of carbonyl (C=O) groups excluding carboxylic acids is 2. The minimum absolute atomic E-state index is 0.0572. The first kappa shape index (κ1) is 12.5. The van der Waals surface area contributed by atoms with Gasteiger partial charge in [0.15, 0.2) is 0 Å². The third-order valence-corrected chi connectivity index (χ3v) is 2.95. The van der Waals surface area contributed by atoms with Gasteiger partial charge in [-0.15, -0.1) is 0 Å². The molecular formula is C12H12F2N2O2. The second-order valence-corrected chi connectivity index (χ2v) is 4.59. The molecule has 0 radical (unpaired) electrons. The molecule has 0 aromatic heterocycles. The topological polar surface area (TPSA) is 58.2 Å². The van der Waals surface area contributed by atoms with Crippen molar-refractivity contribution in [3.8, 4) is 0 Å². The lowest BCUT2D eigenvalue weighted by Gasteiger charge is -2.20. The minimum atomic E-state index is -0.905. The third-order valence-electron chi connectivity index (χ3n) is 2.95. The van der Waals surface area contributed by atoms with E-state index in [-0.39, 0.29) is 24.6 Å². The Balaban J connectivity index is 2.14. The number of halogens is 2. The van der Waals surface area contributed by atoms with Crippen molar-refractivity contribution < 1.29 is 18.4 Å². The van der Waals surface area contributed by atoms with E-state index in [1.807, 2.05) is 0 Å². The molecule has 6 heteroatoms. The van der Waals surface area contributed by atoms with Crippen LogP contribution in [-0.2, 0) is 9.59 Å².